The van der Waals surface area contributed by atoms with Gasteiger partial charge in [-0.25, -0.2) is 0 Å². The van der Waals surface area contributed by atoms with Crippen molar-refractivity contribution in [2.24, 2.45) is 5.92 Å². The van der Waals surface area contributed by atoms with Crippen LogP contribution in [0.15, 0.2) is 18.2 Å². The molecule has 0 amide bonds. The SMILES string of the molecule is COCC(Nc1ccc([N+](=O)[O-])cc1Cl)C(C)C. The molecule has 0 aliphatic heterocycles. The van der Waals surface area contributed by atoms with Gasteiger partial charge in [0.1, 0.15) is 0 Å². The Bertz CT molecular complexity index is 424. The standard InChI is InChI=1S/C12H17ClN2O3/c1-8(2)12(7-18-3)14-11-5-4-9(15(16)17)6-10(11)13/h4-6,8,12,14H,7H2,1-3H3. The molecule has 0 saturated heterocycles. The molecule has 1 N–H and O–H groups in total. The number of hydrogen-bond acceptors (Lipinski definition) is 4. The molecule has 0 heterocycles. The van der Waals surface area contributed by atoms with Gasteiger partial charge in [-0.3, -0.25) is 10.1 Å². The van der Waals surface area contributed by atoms with Gasteiger partial charge in [0, 0.05) is 19.2 Å². The van der Waals surface area contributed by atoms with Gasteiger partial charge < -0.3 is 10.1 Å². The Hall–Kier alpha value is -1.33. The Morgan fingerprint density at radius 2 is 2.17 bits per heavy atom. The van der Waals surface area contributed by atoms with Gasteiger partial charge in [-0.15, -0.1) is 0 Å². The average Bonchev–Trinajstić information content (AvgIpc) is 2.30. The van der Waals surface area contributed by atoms with Crippen molar-refractivity contribution >= 4 is 23.0 Å². The minimum atomic E-state index is -0.468. The Kier molecular flexibility index (Phi) is 5.37. The van der Waals surface area contributed by atoms with Crippen molar-refractivity contribution in [2.75, 3.05) is 19.0 Å². The van der Waals surface area contributed by atoms with Crippen molar-refractivity contribution in [1.29, 1.82) is 0 Å². The molecule has 100 valence electrons. The van der Waals surface area contributed by atoms with Crippen molar-refractivity contribution in [1.82, 2.24) is 0 Å². The monoisotopic (exact) mass is 272 g/mol. The number of hydrogen-bond donors (Lipinski definition) is 1. The summed E-state index contributed by atoms with van der Waals surface area (Å²) in [5.41, 5.74) is 0.663. The quantitative estimate of drug-likeness (QED) is 0.637. The molecule has 6 heteroatoms. The zero-order valence-corrected chi connectivity index (χ0v) is 11.4. The third-order valence-electron chi connectivity index (χ3n) is 2.66. The van der Waals surface area contributed by atoms with Crippen LogP contribution in [0.1, 0.15) is 13.8 Å². The summed E-state index contributed by atoms with van der Waals surface area (Å²) in [5.74, 6) is 0.358. The highest BCUT2D eigenvalue weighted by Gasteiger charge is 2.16. The van der Waals surface area contributed by atoms with Crippen LogP contribution in [0.3, 0.4) is 0 Å². The number of halogens is 1. The predicted octanol–water partition coefficient (Wildman–Crippen LogP) is 3.33. The summed E-state index contributed by atoms with van der Waals surface area (Å²) in [4.78, 5) is 10.1. The number of nitrogens with one attached hydrogen (secondary N) is 1. The van der Waals surface area contributed by atoms with E-state index in [1.54, 1.807) is 13.2 Å². The third-order valence-corrected chi connectivity index (χ3v) is 2.97. The molecule has 1 aromatic carbocycles. The molecule has 18 heavy (non-hydrogen) atoms. The van der Waals surface area contributed by atoms with Gasteiger partial charge in [0.05, 0.1) is 28.3 Å². The van der Waals surface area contributed by atoms with Crippen LogP contribution in [0.4, 0.5) is 11.4 Å². The van der Waals surface area contributed by atoms with Crippen LogP contribution in [0, 0.1) is 16.0 Å². The molecule has 0 aliphatic carbocycles. The van der Waals surface area contributed by atoms with Crippen LogP contribution < -0.4 is 5.32 Å². The molecule has 0 radical (unpaired) electrons. The fourth-order valence-electron chi connectivity index (χ4n) is 1.51. The highest BCUT2D eigenvalue weighted by molar-refractivity contribution is 6.33. The lowest BCUT2D eigenvalue weighted by Gasteiger charge is -2.23. The largest absolute Gasteiger partial charge is 0.383 e. The maximum Gasteiger partial charge on any atom is 0.271 e. The van der Waals surface area contributed by atoms with E-state index in [0.717, 1.165) is 0 Å². The molecule has 5 nitrogen and oxygen atoms in total. The third kappa shape index (κ3) is 3.85. The molecule has 0 saturated carbocycles. The zero-order chi connectivity index (χ0) is 13.7. The molecule has 0 aliphatic rings. The van der Waals surface area contributed by atoms with Gasteiger partial charge in [-0.1, -0.05) is 25.4 Å². The van der Waals surface area contributed by atoms with Crippen LogP contribution in [0.2, 0.25) is 5.02 Å². The first-order valence-corrected chi connectivity index (χ1v) is 6.03. The van der Waals surface area contributed by atoms with Crippen molar-refractivity contribution in [3.63, 3.8) is 0 Å². The van der Waals surface area contributed by atoms with E-state index in [-0.39, 0.29) is 11.7 Å². The lowest BCUT2D eigenvalue weighted by molar-refractivity contribution is -0.384. The lowest BCUT2D eigenvalue weighted by Crippen LogP contribution is -2.30. The first-order valence-electron chi connectivity index (χ1n) is 5.65. The van der Waals surface area contributed by atoms with Crippen LogP contribution in [0.25, 0.3) is 0 Å². The summed E-state index contributed by atoms with van der Waals surface area (Å²) in [7, 11) is 1.63. The maximum atomic E-state index is 10.6. The van der Waals surface area contributed by atoms with E-state index < -0.39 is 4.92 Å². The van der Waals surface area contributed by atoms with Crippen LogP contribution in [-0.4, -0.2) is 24.7 Å². The summed E-state index contributed by atoms with van der Waals surface area (Å²) >= 11 is 6.01. The first-order chi connectivity index (χ1) is 8.45. The van der Waals surface area contributed by atoms with Gasteiger partial charge >= 0.3 is 0 Å². The second-order valence-corrected chi connectivity index (χ2v) is 4.78. The van der Waals surface area contributed by atoms with E-state index in [4.69, 9.17) is 16.3 Å². The minimum Gasteiger partial charge on any atom is -0.383 e. The minimum absolute atomic E-state index is 0.0154. The molecule has 0 aromatic heterocycles. The van der Waals surface area contributed by atoms with Crippen molar-refractivity contribution < 1.29 is 9.66 Å². The van der Waals surface area contributed by atoms with E-state index in [9.17, 15) is 10.1 Å². The molecular formula is C12H17ClN2O3. The highest BCUT2D eigenvalue weighted by atomic mass is 35.5. The summed E-state index contributed by atoms with van der Waals surface area (Å²) in [5, 5.41) is 14.2. The van der Waals surface area contributed by atoms with Gasteiger partial charge in [0.2, 0.25) is 0 Å². The second-order valence-electron chi connectivity index (χ2n) is 4.37. The van der Waals surface area contributed by atoms with Crippen molar-refractivity contribution in [3.05, 3.63) is 33.3 Å². The molecule has 1 unspecified atom stereocenters. The summed E-state index contributed by atoms with van der Waals surface area (Å²) in [6.07, 6.45) is 0. The number of nitrogens with zero attached hydrogens (tertiary/aromatic N) is 1. The molecular weight excluding hydrogens is 256 g/mol. The summed E-state index contributed by atoms with van der Waals surface area (Å²) in [6, 6.07) is 4.49. The van der Waals surface area contributed by atoms with Gasteiger partial charge in [0.25, 0.3) is 5.69 Å². The number of anilines is 1. The molecule has 0 fully saturated rings. The highest BCUT2D eigenvalue weighted by Crippen LogP contribution is 2.27. The molecule has 0 bridgehead atoms. The average molecular weight is 273 g/mol. The molecule has 1 rings (SSSR count). The molecule has 1 aromatic rings. The van der Waals surface area contributed by atoms with Gasteiger partial charge in [-0.2, -0.15) is 0 Å². The Morgan fingerprint density at radius 3 is 2.61 bits per heavy atom. The van der Waals surface area contributed by atoms with Gasteiger partial charge in [0.15, 0.2) is 0 Å². The van der Waals surface area contributed by atoms with E-state index in [2.05, 4.69) is 19.2 Å². The van der Waals surface area contributed by atoms with E-state index >= 15 is 0 Å². The van der Waals surface area contributed by atoms with E-state index in [1.165, 1.54) is 12.1 Å². The lowest BCUT2D eigenvalue weighted by atomic mass is 10.1. The zero-order valence-electron chi connectivity index (χ0n) is 10.6. The fourth-order valence-corrected chi connectivity index (χ4v) is 1.74. The number of ether oxygens (including phenoxy) is 1. The van der Waals surface area contributed by atoms with Gasteiger partial charge in [-0.05, 0) is 12.0 Å². The topological polar surface area (TPSA) is 64.4 Å². The first kappa shape index (κ1) is 14.7. The second kappa shape index (κ2) is 6.56. The molecule has 1 atom stereocenters. The van der Waals surface area contributed by atoms with Crippen molar-refractivity contribution in [3.8, 4) is 0 Å². The van der Waals surface area contributed by atoms with Crippen LogP contribution in [0.5, 0.6) is 0 Å². The number of nitro benzene ring substituents is 1. The predicted molar refractivity (Wildman–Crippen MR) is 72.2 cm³/mol. The Balaban J connectivity index is 2.86. The summed E-state index contributed by atoms with van der Waals surface area (Å²) < 4.78 is 5.13. The van der Waals surface area contributed by atoms with Crippen LogP contribution >= 0.6 is 11.6 Å². The van der Waals surface area contributed by atoms with E-state index in [1.807, 2.05) is 0 Å². The normalized spacial score (nSPS) is 12.5. The van der Waals surface area contributed by atoms with Crippen LogP contribution in [-0.2, 0) is 4.74 Å². The number of benzene rings is 1. The molecule has 0 spiro atoms. The smallest absolute Gasteiger partial charge is 0.271 e. The maximum absolute atomic E-state index is 10.6. The van der Waals surface area contributed by atoms with E-state index in [0.29, 0.717) is 23.2 Å². The fraction of sp³-hybridized carbons (Fsp3) is 0.500. The number of non-ortho nitro benzene ring substituents is 1. The number of nitro groups is 1. The number of methoxy groups -OCH3 is 1. The summed E-state index contributed by atoms with van der Waals surface area (Å²) in [6.45, 7) is 4.68. The van der Waals surface area contributed by atoms with Crippen molar-refractivity contribution in [2.45, 2.75) is 19.9 Å². The Labute approximate surface area is 111 Å². The number of rotatable bonds is 6. The Morgan fingerprint density at radius 1 is 1.50 bits per heavy atom.